The van der Waals surface area contributed by atoms with Crippen LogP contribution < -0.4 is 5.32 Å². The van der Waals surface area contributed by atoms with Gasteiger partial charge in [0.05, 0.1) is 12.7 Å². The van der Waals surface area contributed by atoms with Gasteiger partial charge in [-0.15, -0.1) is 0 Å². The zero-order valence-electron chi connectivity index (χ0n) is 19.7. The molecule has 4 heteroatoms. The van der Waals surface area contributed by atoms with Crippen LogP contribution in [0.25, 0.3) is 0 Å². The first-order valence-corrected chi connectivity index (χ1v) is 10.8. The van der Waals surface area contributed by atoms with Crippen LogP contribution in [0.2, 0.25) is 0 Å². The van der Waals surface area contributed by atoms with Crippen LogP contribution in [0.4, 0.5) is 0 Å². The Kier molecular flexibility index (Phi) is 14.5. The van der Waals surface area contributed by atoms with Crippen molar-refractivity contribution >= 4 is 5.91 Å². The maximum Gasteiger partial charge on any atom is 0.247 e. The van der Waals surface area contributed by atoms with Gasteiger partial charge in [0.25, 0.3) is 0 Å². The monoisotopic (exact) mass is 415 g/mol. The van der Waals surface area contributed by atoms with E-state index in [2.05, 4.69) is 31.3 Å². The molecule has 30 heavy (non-hydrogen) atoms. The number of allylic oxidation sites excluding steroid dienone is 9. The van der Waals surface area contributed by atoms with Crippen LogP contribution >= 0.6 is 0 Å². The first-order valence-electron chi connectivity index (χ1n) is 10.8. The molecule has 0 aliphatic carbocycles. The van der Waals surface area contributed by atoms with E-state index >= 15 is 0 Å². The molecule has 0 aliphatic heterocycles. The van der Waals surface area contributed by atoms with Crippen LogP contribution in [0.15, 0.2) is 71.4 Å². The molecule has 168 valence electrons. The van der Waals surface area contributed by atoms with Gasteiger partial charge < -0.3 is 15.5 Å². The molecule has 0 saturated carbocycles. The number of carbonyl (C=O) groups is 1. The fourth-order valence-corrected chi connectivity index (χ4v) is 2.70. The molecule has 1 unspecified atom stereocenters. The minimum atomic E-state index is -0.464. The molecule has 1 amide bonds. The average molecular weight is 416 g/mol. The molecular weight excluding hydrogens is 374 g/mol. The topological polar surface area (TPSA) is 69.6 Å². The largest absolute Gasteiger partial charge is 0.394 e. The Labute approximate surface area is 183 Å². The second kappa shape index (κ2) is 15.6. The predicted molar refractivity (Wildman–Crippen MR) is 128 cm³/mol. The van der Waals surface area contributed by atoms with E-state index in [1.165, 1.54) is 0 Å². The molecule has 0 spiro atoms. The van der Waals surface area contributed by atoms with Crippen molar-refractivity contribution in [2.45, 2.75) is 67.0 Å². The Bertz CT molecular complexity index is 695. The first-order chi connectivity index (χ1) is 14.1. The molecule has 0 rings (SSSR count). The standard InChI is InChI=1S/C26H41NO3/c1-8-19(2)16-22(5)25(29)23(6)17-20(3)14-12-10-9-11-13-15-21(4)26(30)27-24(7)18-28/h9-17,19,23-25,28-29H,8,18H2,1-7H3,(H,27,30)/b10-9-,13-11+,14-12+,20-17+,21-15+,22-16+/t19?,23-,24+,25+/m1/s1. The summed E-state index contributed by atoms with van der Waals surface area (Å²) in [6.45, 7) is 13.8. The van der Waals surface area contributed by atoms with E-state index in [0.717, 1.165) is 17.6 Å². The van der Waals surface area contributed by atoms with Gasteiger partial charge in [-0.25, -0.2) is 0 Å². The summed E-state index contributed by atoms with van der Waals surface area (Å²) in [6, 6.07) is -0.255. The highest BCUT2D eigenvalue weighted by molar-refractivity contribution is 5.93. The van der Waals surface area contributed by atoms with Gasteiger partial charge in [0.15, 0.2) is 0 Å². The molecule has 0 bridgehead atoms. The maximum atomic E-state index is 11.8. The Morgan fingerprint density at radius 2 is 1.57 bits per heavy atom. The number of nitrogens with one attached hydrogen (secondary N) is 1. The fourth-order valence-electron chi connectivity index (χ4n) is 2.70. The van der Waals surface area contributed by atoms with Crippen LogP contribution in [0.5, 0.6) is 0 Å². The quantitative estimate of drug-likeness (QED) is 0.238. The van der Waals surface area contributed by atoms with Crippen molar-refractivity contribution in [2.24, 2.45) is 11.8 Å². The van der Waals surface area contributed by atoms with Crippen LogP contribution in [0.3, 0.4) is 0 Å². The number of aliphatic hydroxyl groups is 2. The fraction of sp³-hybridized carbons (Fsp3) is 0.500. The van der Waals surface area contributed by atoms with Crippen LogP contribution in [-0.2, 0) is 4.79 Å². The summed E-state index contributed by atoms with van der Waals surface area (Å²) < 4.78 is 0. The predicted octanol–water partition coefficient (Wildman–Crippen LogP) is 5.03. The Morgan fingerprint density at radius 1 is 0.967 bits per heavy atom. The first kappa shape index (κ1) is 27.8. The third-order valence-corrected chi connectivity index (χ3v) is 4.84. The third kappa shape index (κ3) is 12.4. The lowest BCUT2D eigenvalue weighted by molar-refractivity contribution is -0.118. The molecular formula is C26H41NO3. The van der Waals surface area contributed by atoms with Gasteiger partial charge in [-0.2, -0.15) is 0 Å². The van der Waals surface area contributed by atoms with Crippen molar-refractivity contribution < 1.29 is 15.0 Å². The number of rotatable bonds is 12. The zero-order chi connectivity index (χ0) is 23.1. The van der Waals surface area contributed by atoms with Gasteiger partial charge in [0.2, 0.25) is 5.91 Å². The number of aliphatic hydroxyl groups excluding tert-OH is 2. The van der Waals surface area contributed by atoms with E-state index in [9.17, 15) is 9.90 Å². The number of hydrogen-bond donors (Lipinski definition) is 3. The molecule has 0 aromatic rings. The third-order valence-electron chi connectivity index (χ3n) is 4.84. The summed E-state index contributed by atoms with van der Waals surface area (Å²) >= 11 is 0. The van der Waals surface area contributed by atoms with Crippen molar-refractivity contribution in [3.05, 3.63) is 71.4 Å². The number of hydrogen-bond acceptors (Lipinski definition) is 3. The zero-order valence-corrected chi connectivity index (χ0v) is 19.7. The Hall–Kier alpha value is -2.17. The minimum absolute atomic E-state index is 0.0478. The molecule has 4 nitrogen and oxygen atoms in total. The molecule has 0 heterocycles. The van der Waals surface area contributed by atoms with Crippen LogP contribution in [-0.4, -0.2) is 34.9 Å². The van der Waals surface area contributed by atoms with Gasteiger partial charge >= 0.3 is 0 Å². The van der Waals surface area contributed by atoms with E-state index in [1.807, 2.05) is 51.2 Å². The summed E-state index contributed by atoms with van der Waals surface area (Å²) in [6.07, 6.45) is 18.0. The minimum Gasteiger partial charge on any atom is -0.394 e. The van der Waals surface area contributed by atoms with E-state index in [-0.39, 0.29) is 24.5 Å². The molecule has 0 radical (unpaired) electrons. The molecule has 0 saturated heterocycles. The van der Waals surface area contributed by atoms with Gasteiger partial charge in [-0.1, -0.05) is 87.4 Å². The second-order valence-corrected chi connectivity index (χ2v) is 8.05. The van der Waals surface area contributed by atoms with Crippen molar-refractivity contribution in [2.75, 3.05) is 6.61 Å². The van der Waals surface area contributed by atoms with Gasteiger partial charge in [-0.3, -0.25) is 4.79 Å². The van der Waals surface area contributed by atoms with E-state index in [4.69, 9.17) is 5.11 Å². The van der Waals surface area contributed by atoms with Crippen molar-refractivity contribution in [3.63, 3.8) is 0 Å². The molecule has 0 fully saturated rings. The van der Waals surface area contributed by atoms with E-state index < -0.39 is 6.10 Å². The molecule has 0 aromatic heterocycles. The lowest BCUT2D eigenvalue weighted by atomic mass is 9.93. The SMILES string of the molecule is CCC(C)/C=C(\C)[C@H](O)[C@H](C)/C=C(C)/C=C/C=C\C=C\C=C(/C)C(=O)N[C@@H](C)CO. The Balaban J connectivity index is 4.68. The highest BCUT2D eigenvalue weighted by Gasteiger charge is 2.14. The second-order valence-electron chi connectivity index (χ2n) is 8.05. The number of amides is 1. The smallest absolute Gasteiger partial charge is 0.247 e. The summed E-state index contributed by atoms with van der Waals surface area (Å²) in [7, 11) is 0. The van der Waals surface area contributed by atoms with Gasteiger partial charge in [0, 0.05) is 17.5 Å². The highest BCUT2D eigenvalue weighted by atomic mass is 16.3. The maximum absolute atomic E-state index is 11.8. The van der Waals surface area contributed by atoms with Gasteiger partial charge in [-0.05, 0) is 39.2 Å². The molecule has 0 aromatic carbocycles. The van der Waals surface area contributed by atoms with Crippen LogP contribution in [0, 0.1) is 11.8 Å². The summed E-state index contributed by atoms with van der Waals surface area (Å²) in [5, 5.41) is 22.1. The lowest BCUT2D eigenvalue weighted by Gasteiger charge is -2.18. The van der Waals surface area contributed by atoms with Crippen LogP contribution in [0.1, 0.15) is 54.9 Å². The average Bonchev–Trinajstić information content (AvgIpc) is 2.71. The van der Waals surface area contributed by atoms with Crippen molar-refractivity contribution in [1.82, 2.24) is 5.32 Å². The lowest BCUT2D eigenvalue weighted by Crippen LogP contribution is -2.35. The normalized spacial score (nSPS) is 18.2. The summed E-state index contributed by atoms with van der Waals surface area (Å²) in [4.78, 5) is 11.8. The van der Waals surface area contributed by atoms with Crippen molar-refractivity contribution in [1.29, 1.82) is 0 Å². The molecule has 0 aliphatic rings. The molecule has 3 N–H and O–H groups in total. The Morgan fingerprint density at radius 3 is 2.17 bits per heavy atom. The van der Waals surface area contributed by atoms with E-state index in [1.54, 1.807) is 26.0 Å². The summed E-state index contributed by atoms with van der Waals surface area (Å²) in [5.41, 5.74) is 2.70. The highest BCUT2D eigenvalue weighted by Crippen LogP contribution is 2.18. The van der Waals surface area contributed by atoms with Crippen molar-refractivity contribution in [3.8, 4) is 0 Å². The number of carbonyl (C=O) groups excluding carboxylic acids is 1. The molecule has 4 atom stereocenters. The van der Waals surface area contributed by atoms with Gasteiger partial charge in [0.1, 0.15) is 0 Å². The summed E-state index contributed by atoms with van der Waals surface area (Å²) in [5.74, 6) is 0.343. The van der Waals surface area contributed by atoms with E-state index in [0.29, 0.717) is 11.5 Å².